The Hall–Kier alpha value is -1.05. The van der Waals surface area contributed by atoms with Crippen LogP contribution in [0.2, 0.25) is 0 Å². The van der Waals surface area contributed by atoms with E-state index >= 15 is 0 Å². The molecule has 0 aliphatic rings. The molecule has 0 aromatic heterocycles. The van der Waals surface area contributed by atoms with Crippen LogP contribution in [-0.2, 0) is 0 Å². The quantitative estimate of drug-likeness (QED) is 0.652. The van der Waals surface area contributed by atoms with Gasteiger partial charge in [-0.2, -0.15) is 0 Å². The van der Waals surface area contributed by atoms with E-state index in [0.717, 1.165) is 5.56 Å². The number of benzene rings is 2. The molecule has 0 radical (unpaired) electrons. The molecular weight excluding hydrogens is 270 g/mol. The SMILES string of the molecule is Fc1ccccc1C(Cl)CC(Cl)c1ccccc1. The first kappa shape index (κ1) is 13.4. The van der Waals surface area contributed by atoms with E-state index in [-0.39, 0.29) is 11.2 Å². The molecule has 2 aromatic carbocycles. The summed E-state index contributed by atoms with van der Waals surface area (Å²) in [6.45, 7) is 0. The van der Waals surface area contributed by atoms with Gasteiger partial charge in [-0.3, -0.25) is 0 Å². The van der Waals surface area contributed by atoms with Crippen LogP contribution in [0.15, 0.2) is 54.6 Å². The highest BCUT2D eigenvalue weighted by Gasteiger charge is 2.18. The maximum absolute atomic E-state index is 13.6. The van der Waals surface area contributed by atoms with Gasteiger partial charge in [-0.15, -0.1) is 23.2 Å². The van der Waals surface area contributed by atoms with Crippen molar-refractivity contribution in [3.8, 4) is 0 Å². The molecule has 0 spiro atoms. The second-order valence-electron chi connectivity index (χ2n) is 4.10. The van der Waals surface area contributed by atoms with Crippen molar-refractivity contribution in [1.82, 2.24) is 0 Å². The summed E-state index contributed by atoms with van der Waals surface area (Å²) in [6.07, 6.45) is 0.494. The first-order valence-electron chi connectivity index (χ1n) is 5.76. The summed E-state index contributed by atoms with van der Waals surface area (Å²) < 4.78 is 13.6. The standard InChI is InChI=1S/C15H13Cl2F/c16-13(11-6-2-1-3-7-11)10-14(17)12-8-4-5-9-15(12)18/h1-9,13-14H,10H2. The molecule has 2 unspecified atom stereocenters. The summed E-state index contributed by atoms with van der Waals surface area (Å²) in [5.41, 5.74) is 1.50. The largest absolute Gasteiger partial charge is 0.207 e. The zero-order valence-corrected chi connectivity index (χ0v) is 11.2. The fourth-order valence-electron chi connectivity index (χ4n) is 1.84. The molecule has 2 aromatic rings. The molecule has 0 heterocycles. The molecule has 0 bridgehead atoms. The molecule has 0 amide bonds. The van der Waals surface area contributed by atoms with Crippen LogP contribution in [-0.4, -0.2) is 0 Å². The van der Waals surface area contributed by atoms with Crippen LogP contribution in [0.1, 0.15) is 28.3 Å². The van der Waals surface area contributed by atoms with Gasteiger partial charge >= 0.3 is 0 Å². The van der Waals surface area contributed by atoms with Crippen molar-refractivity contribution in [1.29, 1.82) is 0 Å². The van der Waals surface area contributed by atoms with Crippen LogP contribution >= 0.6 is 23.2 Å². The van der Waals surface area contributed by atoms with Crippen molar-refractivity contribution in [2.45, 2.75) is 17.2 Å². The Bertz CT molecular complexity index is 499. The van der Waals surface area contributed by atoms with Crippen molar-refractivity contribution >= 4 is 23.2 Å². The highest BCUT2D eigenvalue weighted by molar-refractivity contribution is 6.23. The molecule has 0 saturated heterocycles. The zero-order chi connectivity index (χ0) is 13.0. The predicted molar refractivity (Wildman–Crippen MR) is 74.6 cm³/mol. The Morgan fingerprint density at radius 1 is 0.833 bits per heavy atom. The molecule has 2 atom stereocenters. The average molecular weight is 283 g/mol. The van der Waals surface area contributed by atoms with Gasteiger partial charge in [-0.25, -0.2) is 4.39 Å². The Balaban J connectivity index is 2.08. The van der Waals surface area contributed by atoms with Crippen molar-refractivity contribution < 1.29 is 4.39 Å². The highest BCUT2D eigenvalue weighted by Crippen LogP contribution is 2.35. The van der Waals surface area contributed by atoms with Crippen LogP contribution in [0.5, 0.6) is 0 Å². The molecule has 3 heteroatoms. The summed E-state index contributed by atoms with van der Waals surface area (Å²) in [4.78, 5) is 0. The second-order valence-corrected chi connectivity index (χ2v) is 5.16. The van der Waals surface area contributed by atoms with E-state index in [1.54, 1.807) is 18.2 Å². The third-order valence-electron chi connectivity index (χ3n) is 2.82. The number of hydrogen-bond donors (Lipinski definition) is 0. The second kappa shape index (κ2) is 6.21. The van der Waals surface area contributed by atoms with Gasteiger partial charge in [0.2, 0.25) is 0 Å². The minimum Gasteiger partial charge on any atom is -0.207 e. The van der Waals surface area contributed by atoms with E-state index < -0.39 is 5.38 Å². The highest BCUT2D eigenvalue weighted by atomic mass is 35.5. The van der Waals surface area contributed by atoms with Crippen LogP contribution in [0.4, 0.5) is 4.39 Å². The topological polar surface area (TPSA) is 0 Å². The Labute approximate surface area is 116 Å². The molecule has 0 aliphatic heterocycles. The number of halogens is 3. The van der Waals surface area contributed by atoms with Gasteiger partial charge in [0.1, 0.15) is 5.82 Å². The van der Waals surface area contributed by atoms with E-state index in [0.29, 0.717) is 12.0 Å². The summed E-state index contributed by atoms with van der Waals surface area (Å²) >= 11 is 12.5. The smallest absolute Gasteiger partial charge is 0.127 e. The first-order valence-corrected chi connectivity index (χ1v) is 6.63. The van der Waals surface area contributed by atoms with Crippen LogP contribution in [0.3, 0.4) is 0 Å². The van der Waals surface area contributed by atoms with Crippen LogP contribution in [0.25, 0.3) is 0 Å². The molecular formula is C15H13Cl2F. The molecule has 2 rings (SSSR count). The maximum Gasteiger partial charge on any atom is 0.127 e. The van der Waals surface area contributed by atoms with Gasteiger partial charge in [0.05, 0.1) is 10.8 Å². The summed E-state index contributed by atoms with van der Waals surface area (Å²) in [7, 11) is 0. The van der Waals surface area contributed by atoms with Crippen molar-refractivity contribution in [3.05, 3.63) is 71.5 Å². The van der Waals surface area contributed by atoms with E-state index in [2.05, 4.69) is 0 Å². The van der Waals surface area contributed by atoms with Crippen LogP contribution in [0, 0.1) is 5.82 Å². The molecule has 18 heavy (non-hydrogen) atoms. The molecule has 0 aliphatic carbocycles. The minimum absolute atomic E-state index is 0.215. The Kier molecular flexibility index (Phi) is 4.62. The first-order chi connectivity index (χ1) is 8.68. The Morgan fingerprint density at radius 3 is 2.11 bits per heavy atom. The summed E-state index contributed by atoms with van der Waals surface area (Å²) in [6, 6.07) is 16.2. The molecule has 94 valence electrons. The molecule has 0 N–H and O–H groups in total. The van der Waals surface area contributed by atoms with Gasteiger partial charge in [-0.05, 0) is 18.1 Å². The van der Waals surface area contributed by atoms with E-state index in [9.17, 15) is 4.39 Å². The van der Waals surface area contributed by atoms with E-state index in [4.69, 9.17) is 23.2 Å². The van der Waals surface area contributed by atoms with Crippen molar-refractivity contribution in [3.63, 3.8) is 0 Å². The summed E-state index contributed by atoms with van der Waals surface area (Å²) in [5.74, 6) is -0.283. The van der Waals surface area contributed by atoms with Gasteiger partial charge in [0.15, 0.2) is 0 Å². The monoisotopic (exact) mass is 282 g/mol. The number of rotatable bonds is 4. The average Bonchev–Trinajstić information content (AvgIpc) is 2.40. The fraction of sp³-hybridized carbons (Fsp3) is 0.200. The van der Waals surface area contributed by atoms with Gasteiger partial charge in [-0.1, -0.05) is 48.5 Å². The predicted octanol–water partition coefficient (Wildman–Crippen LogP) is 5.48. The molecule has 0 nitrogen and oxygen atoms in total. The normalized spacial score (nSPS) is 14.2. The lowest BCUT2D eigenvalue weighted by Gasteiger charge is -2.15. The van der Waals surface area contributed by atoms with E-state index in [1.807, 2.05) is 30.3 Å². The van der Waals surface area contributed by atoms with Crippen LogP contribution < -0.4 is 0 Å². The van der Waals surface area contributed by atoms with E-state index in [1.165, 1.54) is 6.07 Å². The third kappa shape index (κ3) is 3.24. The lowest BCUT2D eigenvalue weighted by atomic mass is 10.0. The van der Waals surface area contributed by atoms with Gasteiger partial charge in [0, 0.05) is 5.56 Å². The minimum atomic E-state index is -0.422. The van der Waals surface area contributed by atoms with Crippen molar-refractivity contribution in [2.24, 2.45) is 0 Å². The van der Waals surface area contributed by atoms with Gasteiger partial charge < -0.3 is 0 Å². The zero-order valence-electron chi connectivity index (χ0n) is 9.69. The lowest BCUT2D eigenvalue weighted by Crippen LogP contribution is -1.99. The molecule has 0 saturated carbocycles. The lowest BCUT2D eigenvalue weighted by molar-refractivity contribution is 0.599. The van der Waals surface area contributed by atoms with Crippen molar-refractivity contribution in [2.75, 3.05) is 0 Å². The fourth-order valence-corrected chi connectivity index (χ4v) is 2.61. The van der Waals surface area contributed by atoms with Gasteiger partial charge in [0.25, 0.3) is 0 Å². The third-order valence-corrected chi connectivity index (χ3v) is 3.66. The summed E-state index contributed by atoms with van der Waals surface area (Å²) in [5, 5.41) is -0.637. The maximum atomic E-state index is 13.6. The molecule has 0 fully saturated rings. The number of hydrogen-bond acceptors (Lipinski definition) is 0. The Morgan fingerprint density at radius 2 is 1.44 bits per heavy atom. The number of alkyl halides is 2.